The van der Waals surface area contributed by atoms with Crippen molar-refractivity contribution in [2.75, 3.05) is 12.8 Å². The Labute approximate surface area is 173 Å². The molecule has 2 N–H and O–H groups in total. The molecule has 3 atom stereocenters. The zero-order valence-electron chi connectivity index (χ0n) is 16.3. The van der Waals surface area contributed by atoms with E-state index in [-0.39, 0.29) is 17.8 Å². The minimum Gasteiger partial charge on any atom is -0.313 e. The van der Waals surface area contributed by atoms with Gasteiger partial charge in [-0.2, -0.15) is 21.6 Å². The van der Waals surface area contributed by atoms with Crippen LogP contribution >= 0.6 is 0 Å². The molecule has 1 fully saturated rings. The molecule has 0 spiro atoms. The van der Waals surface area contributed by atoms with E-state index in [1.54, 1.807) is 18.2 Å². The molecule has 164 valence electrons. The van der Waals surface area contributed by atoms with E-state index < -0.39 is 21.9 Å². The first kappa shape index (κ1) is 22.7. The summed E-state index contributed by atoms with van der Waals surface area (Å²) in [4.78, 5) is 0. The van der Waals surface area contributed by atoms with E-state index >= 15 is 0 Å². The minimum atomic E-state index is -4.29. The van der Waals surface area contributed by atoms with Crippen molar-refractivity contribution in [1.29, 1.82) is 0 Å². The molecule has 0 aromatic heterocycles. The van der Waals surface area contributed by atoms with Gasteiger partial charge in [0, 0.05) is 18.5 Å². The summed E-state index contributed by atoms with van der Waals surface area (Å²) < 4.78 is 77.7. The van der Waals surface area contributed by atoms with E-state index in [1.165, 1.54) is 24.3 Å². The average Bonchev–Trinajstić information content (AvgIpc) is 3.04. The van der Waals surface area contributed by atoms with E-state index in [0.29, 0.717) is 18.6 Å². The quantitative estimate of drug-likeness (QED) is 0.537. The highest BCUT2D eigenvalue weighted by molar-refractivity contribution is 7.85. The molecule has 1 heterocycles. The fourth-order valence-corrected chi connectivity index (χ4v) is 4.38. The number of benzene rings is 2. The fourth-order valence-electron chi connectivity index (χ4n) is 4.38. The summed E-state index contributed by atoms with van der Waals surface area (Å²) in [6.45, 7) is 0.787. The molecule has 1 saturated heterocycles. The SMILES string of the molecule is CS(=O)(=O)O.Fc1ccc(CC2NCC3c4ccc(C(F)(F)F)cc4CCC23)cc1. The monoisotopic (exact) mass is 445 g/mol. The zero-order valence-corrected chi connectivity index (χ0v) is 17.1. The van der Waals surface area contributed by atoms with E-state index in [2.05, 4.69) is 5.32 Å². The summed E-state index contributed by atoms with van der Waals surface area (Å²) in [5, 5.41) is 3.53. The lowest BCUT2D eigenvalue weighted by Gasteiger charge is -2.31. The summed E-state index contributed by atoms with van der Waals surface area (Å²) in [7, 11) is -3.67. The number of hydrogen-bond donors (Lipinski definition) is 2. The van der Waals surface area contributed by atoms with Crippen LogP contribution in [0.15, 0.2) is 42.5 Å². The Hall–Kier alpha value is -1.97. The number of nitrogens with one attached hydrogen (secondary N) is 1. The summed E-state index contributed by atoms with van der Waals surface area (Å²) in [5.74, 6) is 0.429. The lowest BCUT2D eigenvalue weighted by Crippen LogP contribution is -2.31. The zero-order chi connectivity index (χ0) is 22.1. The maximum atomic E-state index is 13.1. The third-order valence-corrected chi connectivity index (χ3v) is 5.62. The predicted octanol–water partition coefficient (Wildman–Crippen LogP) is 4.21. The molecule has 3 unspecified atom stereocenters. The Morgan fingerprint density at radius 3 is 2.37 bits per heavy atom. The van der Waals surface area contributed by atoms with Crippen LogP contribution in [0, 0.1) is 11.7 Å². The van der Waals surface area contributed by atoms with Gasteiger partial charge in [-0.05, 0) is 66.1 Å². The smallest absolute Gasteiger partial charge is 0.313 e. The van der Waals surface area contributed by atoms with Crippen LogP contribution in [0.4, 0.5) is 17.6 Å². The molecular weight excluding hydrogens is 422 g/mol. The van der Waals surface area contributed by atoms with Crippen LogP contribution in [-0.2, 0) is 29.1 Å². The molecular formula is C21H23F4NO3S. The second-order valence-corrected chi connectivity index (χ2v) is 9.26. The highest BCUT2D eigenvalue weighted by Gasteiger charge is 2.40. The molecule has 30 heavy (non-hydrogen) atoms. The van der Waals surface area contributed by atoms with Gasteiger partial charge in [-0.15, -0.1) is 0 Å². The number of halogens is 4. The molecule has 1 aliphatic carbocycles. The lowest BCUT2D eigenvalue weighted by atomic mass is 9.73. The van der Waals surface area contributed by atoms with Crippen molar-refractivity contribution in [2.24, 2.45) is 5.92 Å². The largest absolute Gasteiger partial charge is 0.416 e. The average molecular weight is 445 g/mol. The Balaban J connectivity index is 0.000000461. The summed E-state index contributed by atoms with van der Waals surface area (Å²) in [6, 6.07) is 11.0. The van der Waals surface area contributed by atoms with Gasteiger partial charge in [-0.1, -0.05) is 18.2 Å². The van der Waals surface area contributed by atoms with E-state index in [4.69, 9.17) is 4.55 Å². The van der Waals surface area contributed by atoms with Crippen LogP contribution in [-0.4, -0.2) is 31.8 Å². The first-order valence-corrected chi connectivity index (χ1v) is 11.4. The molecule has 9 heteroatoms. The maximum Gasteiger partial charge on any atom is 0.416 e. The molecule has 2 aromatic carbocycles. The number of fused-ring (bicyclic) bond motifs is 3. The number of alkyl halides is 3. The van der Waals surface area contributed by atoms with Gasteiger partial charge in [0.25, 0.3) is 10.1 Å². The third kappa shape index (κ3) is 5.80. The normalized spacial score (nSPS) is 23.2. The molecule has 0 saturated carbocycles. The van der Waals surface area contributed by atoms with Gasteiger partial charge in [-0.25, -0.2) is 4.39 Å². The van der Waals surface area contributed by atoms with Crippen molar-refractivity contribution < 1.29 is 30.5 Å². The Bertz CT molecular complexity index is 982. The van der Waals surface area contributed by atoms with Gasteiger partial charge in [0.15, 0.2) is 0 Å². The first-order chi connectivity index (χ1) is 13.9. The Kier molecular flexibility index (Phi) is 6.54. The van der Waals surface area contributed by atoms with Gasteiger partial charge in [0.05, 0.1) is 11.8 Å². The molecule has 0 radical (unpaired) electrons. The second kappa shape index (κ2) is 8.64. The Morgan fingerprint density at radius 1 is 1.13 bits per heavy atom. The van der Waals surface area contributed by atoms with Crippen molar-refractivity contribution in [3.05, 3.63) is 70.5 Å². The molecule has 0 bridgehead atoms. The van der Waals surface area contributed by atoms with Crippen LogP contribution in [0.2, 0.25) is 0 Å². The molecule has 4 rings (SSSR count). The maximum absolute atomic E-state index is 13.1. The van der Waals surface area contributed by atoms with Crippen molar-refractivity contribution in [2.45, 2.75) is 37.4 Å². The van der Waals surface area contributed by atoms with Crippen LogP contribution in [0.1, 0.15) is 34.6 Å². The lowest BCUT2D eigenvalue weighted by molar-refractivity contribution is -0.137. The highest BCUT2D eigenvalue weighted by Crippen LogP contribution is 2.43. The summed E-state index contributed by atoms with van der Waals surface area (Å²) in [6.07, 6.45) is -1.19. The summed E-state index contributed by atoms with van der Waals surface area (Å²) in [5.41, 5.74) is 2.41. The van der Waals surface area contributed by atoms with Crippen molar-refractivity contribution >= 4 is 10.1 Å². The summed E-state index contributed by atoms with van der Waals surface area (Å²) >= 11 is 0. The highest BCUT2D eigenvalue weighted by atomic mass is 32.2. The van der Waals surface area contributed by atoms with Crippen molar-refractivity contribution in [1.82, 2.24) is 5.32 Å². The van der Waals surface area contributed by atoms with Crippen LogP contribution < -0.4 is 5.32 Å². The van der Waals surface area contributed by atoms with E-state index in [0.717, 1.165) is 36.1 Å². The second-order valence-electron chi connectivity index (χ2n) is 7.80. The van der Waals surface area contributed by atoms with Gasteiger partial charge >= 0.3 is 6.18 Å². The van der Waals surface area contributed by atoms with E-state index in [9.17, 15) is 26.0 Å². The number of rotatable bonds is 2. The topological polar surface area (TPSA) is 66.4 Å². The van der Waals surface area contributed by atoms with Gasteiger partial charge < -0.3 is 5.32 Å². The van der Waals surface area contributed by atoms with E-state index in [1.807, 2.05) is 0 Å². The van der Waals surface area contributed by atoms with Crippen LogP contribution in [0.3, 0.4) is 0 Å². The van der Waals surface area contributed by atoms with Crippen LogP contribution in [0.5, 0.6) is 0 Å². The third-order valence-electron chi connectivity index (χ3n) is 5.62. The van der Waals surface area contributed by atoms with Crippen LogP contribution in [0.25, 0.3) is 0 Å². The standard InChI is InChI=1S/C20H19F4N.CH4O3S/c21-15-5-1-12(2-6-15)9-19-17-7-3-13-10-14(20(22,23)24)4-8-16(13)18(17)11-25-19;1-5(2,3)4/h1-2,4-6,8,10,17-19,25H,3,7,9,11H2;1H3,(H,2,3,4). The van der Waals surface area contributed by atoms with Gasteiger partial charge in [0.1, 0.15) is 5.82 Å². The first-order valence-electron chi connectivity index (χ1n) is 9.52. The molecule has 2 aromatic rings. The Morgan fingerprint density at radius 2 is 1.77 bits per heavy atom. The fraction of sp³-hybridized carbons (Fsp3) is 0.429. The van der Waals surface area contributed by atoms with Gasteiger partial charge in [-0.3, -0.25) is 4.55 Å². The minimum absolute atomic E-state index is 0.243. The molecule has 4 nitrogen and oxygen atoms in total. The van der Waals surface area contributed by atoms with Gasteiger partial charge in [0.2, 0.25) is 0 Å². The predicted molar refractivity (Wildman–Crippen MR) is 105 cm³/mol. The van der Waals surface area contributed by atoms with Crippen molar-refractivity contribution in [3.63, 3.8) is 0 Å². The number of aryl methyl sites for hydroxylation is 1. The molecule has 1 aliphatic heterocycles. The molecule has 0 amide bonds. The number of hydrogen-bond acceptors (Lipinski definition) is 3. The van der Waals surface area contributed by atoms with Crippen molar-refractivity contribution in [3.8, 4) is 0 Å². The molecule has 2 aliphatic rings.